The van der Waals surface area contributed by atoms with E-state index in [4.69, 9.17) is 20.9 Å². The molecule has 0 saturated carbocycles. The van der Waals surface area contributed by atoms with Crippen molar-refractivity contribution in [2.75, 3.05) is 14.2 Å². The molecule has 0 spiro atoms. The standard InChI is InChI=1S/C14H21BrN2O3/c1-19-11-8-7-9(14(20-2)13(11)15)10(16)5-3-4-6-12(17)18/h7-8,10H,3-6,16H2,1-2H3,(H2,17,18). The summed E-state index contributed by atoms with van der Waals surface area (Å²) in [6.45, 7) is 0. The van der Waals surface area contributed by atoms with E-state index in [9.17, 15) is 4.79 Å². The quantitative estimate of drug-likeness (QED) is 0.709. The van der Waals surface area contributed by atoms with E-state index in [0.29, 0.717) is 17.9 Å². The van der Waals surface area contributed by atoms with E-state index in [2.05, 4.69) is 15.9 Å². The second-order valence-corrected chi connectivity index (χ2v) is 5.32. The Balaban J connectivity index is 2.74. The van der Waals surface area contributed by atoms with Crippen molar-refractivity contribution in [1.82, 2.24) is 0 Å². The van der Waals surface area contributed by atoms with Crippen molar-refractivity contribution in [3.63, 3.8) is 0 Å². The van der Waals surface area contributed by atoms with Crippen molar-refractivity contribution in [2.24, 2.45) is 11.5 Å². The van der Waals surface area contributed by atoms with Crippen LogP contribution >= 0.6 is 15.9 Å². The van der Waals surface area contributed by atoms with Crippen molar-refractivity contribution in [3.05, 3.63) is 22.2 Å². The van der Waals surface area contributed by atoms with Gasteiger partial charge in [0.1, 0.15) is 16.0 Å². The number of amides is 1. The number of hydrogen-bond donors (Lipinski definition) is 2. The topological polar surface area (TPSA) is 87.6 Å². The number of nitrogens with two attached hydrogens (primary N) is 2. The number of halogens is 1. The fourth-order valence-electron chi connectivity index (χ4n) is 2.03. The lowest BCUT2D eigenvalue weighted by Gasteiger charge is -2.18. The molecular formula is C14H21BrN2O3. The van der Waals surface area contributed by atoms with Crippen LogP contribution in [0.4, 0.5) is 0 Å². The summed E-state index contributed by atoms with van der Waals surface area (Å²) in [6.07, 6.45) is 2.76. The van der Waals surface area contributed by atoms with Crippen LogP contribution in [0.25, 0.3) is 0 Å². The van der Waals surface area contributed by atoms with Crippen molar-refractivity contribution < 1.29 is 14.3 Å². The minimum absolute atomic E-state index is 0.153. The van der Waals surface area contributed by atoms with Gasteiger partial charge in [0, 0.05) is 18.0 Å². The van der Waals surface area contributed by atoms with Crippen molar-refractivity contribution >= 4 is 21.8 Å². The molecule has 1 atom stereocenters. The van der Waals surface area contributed by atoms with Gasteiger partial charge in [-0.3, -0.25) is 4.79 Å². The largest absolute Gasteiger partial charge is 0.495 e. The monoisotopic (exact) mass is 344 g/mol. The zero-order chi connectivity index (χ0) is 15.1. The highest BCUT2D eigenvalue weighted by Crippen LogP contribution is 2.40. The van der Waals surface area contributed by atoms with Crippen LogP contribution in [0.2, 0.25) is 0 Å². The number of ether oxygens (including phenoxy) is 2. The van der Waals surface area contributed by atoms with Gasteiger partial charge in [-0.05, 0) is 40.9 Å². The van der Waals surface area contributed by atoms with E-state index in [-0.39, 0.29) is 11.9 Å². The third-order valence-electron chi connectivity index (χ3n) is 3.10. The molecule has 1 aromatic carbocycles. The lowest BCUT2D eigenvalue weighted by atomic mass is 10.00. The lowest BCUT2D eigenvalue weighted by molar-refractivity contribution is -0.118. The van der Waals surface area contributed by atoms with Crippen LogP contribution in [0.3, 0.4) is 0 Å². The van der Waals surface area contributed by atoms with Gasteiger partial charge in [-0.15, -0.1) is 0 Å². The van der Waals surface area contributed by atoms with Crippen LogP contribution in [-0.2, 0) is 4.79 Å². The number of hydrogen-bond acceptors (Lipinski definition) is 4. The zero-order valence-corrected chi connectivity index (χ0v) is 13.4. The first-order valence-corrected chi connectivity index (χ1v) is 7.24. The average molecular weight is 345 g/mol. The smallest absolute Gasteiger partial charge is 0.217 e. The van der Waals surface area contributed by atoms with Crippen LogP contribution < -0.4 is 20.9 Å². The molecule has 0 fully saturated rings. The van der Waals surface area contributed by atoms with E-state index in [1.807, 2.05) is 12.1 Å². The number of unbranched alkanes of at least 4 members (excludes halogenated alkanes) is 1. The fraction of sp³-hybridized carbons (Fsp3) is 0.500. The molecule has 112 valence electrons. The molecule has 0 saturated heterocycles. The molecule has 20 heavy (non-hydrogen) atoms. The molecule has 1 unspecified atom stereocenters. The summed E-state index contributed by atoms with van der Waals surface area (Å²) in [5.74, 6) is 1.11. The fourth-order valence-corrected chi connectivity index (χ4v) is 2.71. The second-order valence-electron chi connectivity index (χ2n) is 4.52. The van der Waals surface area contributed by atoms with Crippen molar-refractivity contribution in [3.8, 4) is 11.5 Å². The van der Waals surface area contributed by atoms with Gasteiger partial charge >= 0.3 is 0 Å². The second kappa shape index (κ2) is 8.11. The van der Waals surface area contributed by atoms with Crippen LogP contribution in [-0.4, -0.2) is 20.1 Å². The summed E-state index contributed by atoms with van der Waals surface area (Å²) < 4.78 is 11.4. The highest BCUT2D eigenvalue weighted by Gasteiger charge is 2.17. The molecule has 6 heteroatoms. The number of carbonyl (C=O) groups is 1. The van der Waals surface area contributed by atoms with Gasteiger partial charge in [0.05, 0.1) is 14.2 Å². The number of benzene rings is 1. The first-order chi connectivity index (χ1) is 9.51. The number of rotatable bonds is 8. The van der Waals surface area contributed by atoms with E-state index >= 15 is 0 Å². The molecule has 1 aromatic rings. The molecule has 1 amide bonds. The van der Waals surface area contributed by atoms with Crippen molar-refractivity contribution in [2.45, 2.75) is 31.7 Å². The van der Waals surface area contributed by atoms with E-state index in [1.54, 1.807) is 14.2 Å². The zero-order valence-electron chi connectivity index (χ0n) is 11.8. The molecule has 0 aromatic heterocycles. The Labute approximate surface area is 127 Å². The van der Waals surface area contributed by atoms with Gasteiger partial charge in [-0.25, -0.2) is 0 Å². The van der Waals surface area contributed by atoms with Gasteiger partial charge in [0.15, 0.2) is 0 Å². The third-order valence-corrected chi connectivity index (χ3v) is 3.85. The van der Waals surface area contributed by atoms with Gasteiger partial charge in [0.25, 0.3) is 0 Å². The Morgan fingerprint density at radius 3 is 2.55 bits per heavy atom. The SMILES string of the molecule is COc1ccc(C(N)CCCCC(N)=O)c(OC)c1Br. The summed E-state index contributed by atoms with van der Waals surface area (Å²) in [5, 5.41) is 0. The Bertz CT molecular complexity index is 466. The molecule has 1 rings (SSSR count). The maximum absolute atomic E-state index is 10.7. The summed E-state index contributed by atoms with van der Waals surface area (Å²) in [7, 11) is 3.20. The molecule has 0 bridgehead atoms. The molecule has 0 radical (unpaired) electrons. The number of carbonyl (C=O) groups excluding carboxylic acids is 1. The van der Waals surface area contributed by atoms with Gasteiger partial charge < -0.3 is 20.9 Å². The van der Waals surface area contributed by atoms with Crippen LogP contribution in [0, 0.1) is 0 Å². The molecular weight excluding hydrogens is 324 g/mol. The van der Waals surface area contributed by atoms with Gasteiger partial charge in [0.2, 0.25) is 5.91 Å². The first kappa shape index (κ1) is 16.8. The number of primary amides is 1. The Morgan fingerprint density at radius 1 is 1.30 bits per heavy atom. The van der Waals surface area contributed by atoms with E-state index < -0.39 is 0 Å². The van der Waals surface area contributed by atoms with Crippen molar-refractivity contribution in [1.29, 1.82) is 0 Å². The molecule has 0 aliphatic carbocycles. The lowest BCUT2D eigenvalue weighted by Crippen LogP contribution is -2.13. The maximum atomic E-state index is 10.7. The van der Waals surface area contributed by atoms with Crippen LogP contribution in [0.5, 0.6) is 11.5 Å². The summed E-state index contributed by atoms with van der Waals surface area (Å²) in [4.78, 5) is 10.7. The molecule has 0 aliphatic rings. The number of methoxy groups -OCH3 is 2. The third kappa shape index (κ3) is 4.38. The normalized spacial score (nSPS) is 12.0. The minimum atomic E-state index is -0.275. The summed E-state index contributed by atoms with van der Waals surface area (Å²) >= 11 is 3.45. The minimum Gasteiger partial charge on any atom is -0.495 e. The molecule has 4 N–H and O–H groups in total. The summed E-state index contributed by atoms with van der Waals surface area (Å²) in [5.41, 5.74) is 12.2. The average Bonchev–Trinajstić information content (AvgIpc) is 2.42. The molecule has 0 aliphatic heterocycles. The summed E-state index contributed by atoms with van der Waals surface area (Å²) in [6, 6.07) is 3.60. The Hall–Kier alpha value is -1.27. The Kier molecular flexibility index (Phi) is 6.81. The molecule has 5 nitrogen and oxygen atoms in total. The highest BCUT2D eigenvalue weighted by molar-refractivity contribution is 9.10. The maximum Gasteiger partial charge on any atom is 0.217 e. The van der Waals surface area contributed by atoms with Crippen LogP contribution in [0.15, 0.2) is 16.6 Å². The van der Waals surface area contributed by atoms with Gasteiger partial charge in [-0.1, -0.05) is 6.42 Å². The predicted molar refractivity (Wildman–Crippen MR) is 81.8 cm³/mol. The predicted octanol–water partition coefficient (Wildman–Crippen LogP) is 2.51. The Morgan fingerprint density at radius 2 is 2.00 bits per heavy atom. The van der Waals surface area contributed by atoms with E-state index in [0.717, 1.165) is 29.3 Å². The van der Waals surface area contributed by atoms with Gasteiger partial charge in [-0.2, -0.15) is 0 Å². The molecule has 0 heterocycles. The highest BCUT2D eigenvalue weighted by atomic mass is 79.9. The first-order valence-electron chi connectivity index (χ1n) is 6.45. The van der Waals surface area contributed by atoms with Crippen LogP contribution in [0.1, 0.15) is 37.3 Å². The van der Waals surface area contributed by atoms with E-state index in [1.165, 1.54) is 0 Å².